The van der Waals surface area contributed by atoms with Crippen LogP contribution in [0.2, 0.25) is 0 Å². The molecule has 1 heterocycles. The first kappa shape index (κ1) is 13.2. The Morgan fingerprint density at radius 1 is 1.42 bits per heavy atom. The van der Waals surface area contributed by atoms with Crippen LogP contribution in [0.1, 0.15) is 16.8 Å². The first-order valence-corrected chi connectivity index (χ1v) is 6.21. The second-order valence-corrected chi connectivity index (χ2v) is 4.82. The molecule has 1 aromatic carbocycles. The fourth-order valence-electron chi connectivity index (χ4n) is 1.64. The third-order valence-electron chi connectivity index (χ3n) is 2.64. The van der Waals surface area contributed by atoms with E-state index in [9.17, 15) is 10.1 Å². The van der Waals surface area contributed by atoms with E-state index in [0.29, 0.717) is 22.0 Å². The minimum absolute atomic E-state index is 0.0324. The summed E-state index contributed by atoms with van der Waals surface area (Å²) >= 11 is 1.08. The summed E-state index contributed by atoms with van der Waals surface area (Å²) in [7, 11) is 0. The third-order valence-corrected chi connectivity index (χ3v) is 3.24. The molecule has 2 aromatic rings. The van der Waals surface area contributed by atoms with E-state index < -0.39 is 4.92 Å². The topological polar surface area (TPSA) is 104 Å². The van der Waals surface area contributed by atoms with Gasteiger partial charge in [-0.3, -0.25) is 10.1 Å². The smallest absolute Gasteiger partial charge is 0.276 e. The Morgan fingerprint density at radius 3 is 2.74 bits per heavy atom. The Labute approximate surface area is 113 Å². The van der Waals surface area contributed by atoms with Crippen LogP contribution in [0.4, 0.5) is 10.7 Å². The monoisotopic (exact) mass is 280 g/mol. The number of nitro groups is 1. The van der Waals surface area contributed by atoms with Gasteiger partial charge in [0.15, 0.2) is 0 Å². The van der Waals surface area contributed by atoms with Crippen LogP contribution in [0.3, 0.4) is 0 Å². The number of aromatic nitrogens is 2. The number of rotatable bonds is 4. The molecule has 100 valence electrons. The molecule has 0 bridgehead atoms. The summed E-state index contributed by atoms with van der Waals surface area (Å²) < 4.78 is 9.22. The molecule has 2 rings (SSSR count). The Kier molecular flexibility index (Phi) is 3.61. The number of hydrogen-bond acceptors (Lipinski definition) is 7. The predicted octanol–water partition coefficient (Wildman–Crippen LogP) is 2.22. The van der Waals surface area contributed by atoms with Crippen molar-refractivity contribution in [1.29, 1.82) is 0 Å². The summed E-state index contributed by atoms with van der Waals surface area (Å²) in [4.78, 5) is 10.5. The molecule has 0 spiro atoms. The number of anilines is 1. The van der Waals surface area contributed by atoms with Gasteiger partial charge in [-0.05, 0) is 25.5 Å². The Morgan fingerprint density at radius 2 is 2.16 bits per heavy atom. The van der Waals surface area contributed by atoms with Crippen LogP contribution >= 0.6 is 11.5 Å². The highest BCUT2D eigenvalue weighted by atomic mass is 32.1. The van der Waals surface area contributed by atoms with Crippen molar-refractivity contribution in [1.82, 2.24) is 9.59 Å². The van der Waals surface area contributed by atoms with Crippen molar-refractivity contribution in [3.63, 3.8) is 0 Å². The van der Waals surface area contributed by atoms with E-state index in [0.717, 1.165) is 17.1 Å². The largest absolute Gasteiger partial charge is 0.487 e. The van der Waals surface area contributed by atoms with Gasteiger partial charge in [0.2, 0.25) is 0 Å². The molecule has 0 amide bonds. The molecule has 0 aliphatic carbocycles. The molecule has 0 aliphatic heterocycles. The highest BCUT2D eigenvalue weighted by molar-refractivity contribution is 7.09. The van der Waals surface area contributed by atoms with E-state index in [4.69, 9.17) is 10.5 Å². The normalized spacial score (nSPS) is 10.4. The number of benzene rings is 1. The zero-order valence-corrected chi connectivity index (χ0v) is 11.2. The molecule has 0 aliphatic rings. The Bertz CT molecular complexity index is 626. The first-order chi connectivity index (χ1) is 8.99. The van der Waals surface area contributed by atoms with E-state index >= 15 is 0 Å². The summed E-state index contributed by atoms with van der Waals surface area (Å²) in [6.07, 6.45) is 0. The maximum absolute atomic E-state index is 10.9. The minimum Gasteiger partial charge on any atom is -0.487 e. The van der Waals surface area contributed by atoms with Crippen LogP contribution in [-0.4, -0.2) is 14.5 Å². The van der Waals surface area contributed by atoms with Crippen LogP contribution in [0.25, 0.3) is 0 Å². The number of hydrogen-bond donors (Lipinski definition) is 1. The van der Waals surface area contributed by atoms with Crippen molar-refractivity contribution in [3.8, 4) is 5.75 Å². The van der Waals surface area contributed by atoms with Gasteiger partial charge in [0.05, 0.1) is 11.0 Å². The highest BCUT2D eigenvalue weighted by Gasteiger charge is 2.15. The van der Waals surface area contributed by atoms with Gasteiger partial charge < -0.3 is 10.5 Å². The second kappa shape index (κ2) is 5.19. The van der Waals surface area contributed by atoms with Crippen molar-refractivity contribution in [2.75, 3.05) is 5.73 Å². The molecule has 0 radical (unpaired) electrons. The van der Waals surface area contributed by atoms with E-state index in [1.54, 1.807) is 13.0 Å². The minimum atomic E-state index is -0.430. The number of nitro benzene ring substituents is 1. The Balaban J connectivity index is 2.23. The molecule has 0 unspecified atom stereocenters. The zero-order chi connectivity index (χ0) is 14.0. The van der Waals surface area contributed by atoms with Gasteiger partial charge in [-0.25, -0.2) is 0 Å². The zero-order valence-electron chi connectivity index (χ0n) is 10.4. The van der Waals surface area contributed by atoms with Crippen molar-refractivity contribution in [2.45, 2.75) is 20.5 Å². The summed E-state index contributed by atoms with van der Waals surface area (Å²) in [6, 6.07) is 3.14. The van der Waals surface area contributed by atoms with Gasteiger partial charge in [0.25, 0.3) is 5.69 Å². The number of aryl methyl sites for hydroxylation is 2. The van der Waals surface area contributed by atoms with Crippen molar-refractivity contribution >= 4 is 22.2 Å². The molecular weight excluding hydrogens is 268 g/mol. The fourth-order valence-corrected chi connectivity index (χ4v) is 2.07. The van der Waals surface area contributed by atoms with Crippen molar-refractivity contribution in [3.05, 3.63) is 39.1 Å². The summed E-state index contributed by atoms with van der Waals surface area (Å²) in [6.45, 7) is 3.66. The van der Waals surface area contributed by atoms with E-state index in [1.807, 2.05) is 6.92 Å². The average molecular weight is 280 g/mol. The first-order valence-electron chi connectivity index (χ1n) is 5.44. The quantitative estimate of drug-likeness (QED) is 0.680. The van der Waals surface area contributed by atoms with Gasteiger partial charge in [0, 0.05) is 17.1 Å². The lowest BCUT2D eigenvalue weighted by molar-refractivity contribution is -0.385. The number of ether oxygens (including phenoxy) is 1. The Hall–Kier alpha value is -2.22. The van der Waals surface area contributed by atoms with Gasteiger partial charge in [-0.2, -0.15) is 0 Å². The average Bonchev–Trinajstić information content (AvgIpc) is 2.73. The van der Waals surface area contributed by atoms with Crippen LogP contribution in [-0.2, 0) is 6.61 Å². The molecular formula is C11H12N4O3S. The maximum atomic E-state index is 10.9. The number of nitrogens with two attached hydrogens (primary N) is 1. The van der Waals surface area contributed by atoms with Crippen LogP contribution < -0.4 is 10.5 Å². The van der Waals surface area contributed by atoms with E-state index in [2.05, 4.69) is 9.59 Å². The molecule has 2 N–H and O–H groups in total. The fraction of sp³-hybridized carbons (Fsp3) is 0.273. The molecule has 0 fully saturated rings. The lowest BCUT2D eigenvalue weighted by Crippen LogP contribution is -2.02. The lowest BCUT2D eigenvalue weighted by Gasteiger charge is -2.09. The van der Waals surface area contributed by atoms with Gasteiger partial charge in [0.1, 0.15) is 23.1 Å². The van der Waals surface area contributed by atoms with Gasteiger partial charge >= 0.3 is 0 Å². The summed E-state index contributed by atoms with van der Waals surface area (Å²) in [5, 5.41) is 15.2. The van der Waals surface area contributed by atoms with Gasteiger partial charge in [-0.1, -0.05) is 4.49 Å². The molecule has 0 atom stereocenters. The van der Waals surface area contributed by atoms with Gasteiger partial charge in [-0.15, -0.1) is 5.10 Å². The molecule has 1 aromatic heterocycles. The van der Waals surface area contributed by atoms with Crippen molar-refractivity contribution in [2.24, 2.45) is 0 Å². The van der Waals surface area contributed by atoms with E-state index in [-0.39, 0.29) is 12.3 Å². The lowest BCUT2D eigenvalue weighted by atomic mass is 10.1. The molecule has 19 heavy (non-hydrogen) atoms. The maximum Gasteiger partial charge on any atom is 0.276 e. The molecule has 8 heteroatoms. The molecule has 0 saturated carbocycles. The SMILES string of the molecule is Cc1cc(C)c([N+](=O)[O-])cc1OCc1nnsc1N. The second-order valence-electron chi connectivity index (χ2n) is 4.03. The number of nitrogen functional groups attached to an aromatic ring is 1. The van der Waals surface area contributed by atoms with Crippen LogP contribution in [0, 0.1) is 24.0 Å². The molecule has 7 nitrogen and oxygen atoms in total. The summed E-state index contributed by atoms with van der Waals surface area (Å²) in [5.74, 6) is 0.449. The standard InChI is InChI=1S/C11H12N4O3S/c1-6-3-7(2)10(4-9(6)15(16)17)18-5-8-11(12)19-14-13-8/h3-4H,5,12H2,1-2H3. The van der Waals surface area contributed by atoms with Crippen molar-refractivity contribution < 1.29 is 9.66 Å². The van der Waals surface area contributed by atoms with Crippen LogP contribution in [0.15, 0.2) is 12.1 Å². The third kappa shape index (κ3) is 2.79. The predicted molar refractivity (Wildman–Crippen MR) is 71.2 cm³/mol. The summed E-state index contributed by atoms with van der Waals surface area (Å²) in [5.41, 5.74) is 7.64. The van der Waals surface area contributed by atoms with E-state index in [1.165, 1.54) is 6.07 Å². The highest BCUT2D eigenvalue weighted by Crippen LogP contribution is 2.29. The van der Waals surface area contributed by atoms with Crippen LogP contribution in [0.5, 0.6) is 5.75 Å². The molecule has 0 saturated heterocycles. The number of nitrogens with zero attached hydrogens (tertiary/aromatic N) is 3.